The number of aryl methyl sites for hydroxylation is 1. The molecule has 0 aromatic carbocycles. The first-order chi connectivity index (χ1) is 9.80. The van der Waals surface area contributed by atoms with E-state index in [0.29, 0.717) is 6.54 Å². The Balaban J connectivity index is 2.57. The van der Waals surface area contributed by atoms with Crippen LogP contribution in [0.3, 0.4) is 0 Å². The maximum Gasteiger partial charge on any atom is 0.245 e. The lowest BCUT2D eigenvalue weighted by Crippen LogP contribution is -2.35. The number of nitrogens with one attached hydrogen (secondary N) is 2. The number of hydrogen-bond donors (Lipinski definition) is 3. The maximum absolute atomic E-state index is 12.1. The first kappa shape index (κ1) is 17.4. The quantitative estimate of drug-likeness (QED) is 0.627. The minimum Gasteiger partial charge on any atom is -0.381 e. The highest BCUT2D eigenvalue weighted by Gasteiger charge is 2.20. The predicted molar refractivity (Wildman–Crippen MR) is 80.0 cm³/mol. The van der Waals surface area contributed by atoms with Gasteiger partial charge in [0.05, 0.1) is 0 Å². The highest BCUT2D eigenvalue weighted by atomic mass is 32.2. The van der Waals surface area contributed by atoms with Crippen LogP contribution in [-0.4, -0.2) is 36.7 Å². The predicted octanol–water partition coefficient (Wildman–Crippen LogP) is 0.0683. The summed E-state index contributed by atoms with van der Waals surface area (Å²) in [6.45, 7) is 6.22. The van der Waals surface area contributed by atoms with Gasteiger partial charge in [0.2, 0.25) is 15.9 Å². The van der Waals surface area contributed by atoms with Gasteiger partial charge in [0.1, 0.15) is 4.90 Å². The van der Waals surface area contributed by atoms with Gasteiger partial charge in [-0.05, 0) is 20.3 Å². The van der Waals surface area contributed by atoms with Crippen LogP contribution in [0.15, 0.2) is 11.1 Å². The number of rotatable bonds is 8. The second kappa shape index (κ2) is 7.41. The Labute approximate surface area is 125 Å². The Morgan fingerprint density at radius 2 is 2.14 bits per heavy atom. The third-order valence-corrected chi connectivity index (χ3v) is 4.51. The van der Waals surface area contributed by atoms with Gasteiger partial charge in [-0.15, -0.1) is 0 Å². The van der Waals surface area contributed by atoms with Crippen molar-refractivity contribution in [2.75, 3.05) is 12.3 Å². The maximum atomic E-state index is 12.1. The molecule has 1 aromatic rings. The highest BCUT2D eigenvalue weighted by Crippen LogP contribution is 2.15. The van der Waals surface area contributed by atoms with Gasteiger partial charge in [-0.3, -0.25) is 9.48 Å². The summed E-state index contributed by atoms with van der Waals surface area (Å²) in [6.07, 6.45) is 2.27. The number of carbonyl (C=O) groups excluding carboxylic acids is 1. The van der Waals surface area contributed by atoms with Crippen LogP contribution < -0.4 is 15.8 Å². The second-order valence-electron chi connectivity index (χ2n) is 4.76. The fraction of sp³-hybridized carbons (Fsp3) is 0.667. The van der Waals surface area contributed by atoms with E-state index in [1.54, 1.807) is 0 Å². The van der Waals surface area contributed by atoms with Crippen LogP contribution >= 0.6 is 0 Å². The van der Waals surface area contributed by atoms with Crippen LogP contribution in [0.4, 0.5) is 5.82 Å². The second-order valence-corrected chi connectivity index (χ2v) is 6.49. The summed E-state index contributed by atoms with van der Waals surface area (Å²) in [4.78, 5) is 11.5. The normalized spacial score (nSPS) is 13.1. The Morgan fingerprint density at radius 3 is 2.67 bits per heavy atom. The fourth-order valence-electron chi connectivity index (χ4n) is 1.61. The zero-order valence-electron chi connectivity index (χ0n) is 12.6. The van der Waals surface area contributed by atoms with Crippen molar-refractivity contribution in [3.8, 4) is 0 Å². The summed E-state index contributed by atoms with van der Waals surface area (Å²) in [5.41, 5.74) is 5.59. The van der Waals surface area contributed by atoms with Gasteiger partial charge in [-0.1, -0.05) is 6.92 Å². The molecule has 21 heavy (non-hydrogen) atoms. The largest absolute Gasteiger partial charge is 0.381 e. The van der Waals surface area contributed by atoms with E-state index in [1.165, 1.54) is 10.9 Å². The number of nitrogens with two attached hydrogens (primary N) is 1. The number of anilines is 1. The van der Waals surface area contributed by atoms with E-state index in [2.05, 4.69) is 15.1 Å². The topological polar surface area (TPSA) is 119 Å². The monoisotopic (exact) mass is 317 g/mol. The Hall–Kier alpha value is -1.61. The van der Waals surface area contributed by atoms with Crippen molar-refractivity contribution in [2.45, 2.75) is 51.1 Å². The smallest absolute Gasteiger partial charge is 0.245 e. The molecule has 0 saturated carbocycles. The van der Waals surface area contributed by atoms with Gasteiger partial charge >= 0.3 is 0 Å². The van der Waals surface area contributed by atoms with Crippen LogP contribution in [-0.2, 0) is 21.4 Å². The van der Waals surface area contributed by atoms with Crippen LogP contribution in [0, 0.1) is 0 Å². The zero-order valence-corrected chi connectivity index (χ0v) is 13.4. The van der Waals surface area contributed by atoms with Gasteiger partial charge < -0.3 is 11.1 Å². The third kappa shape index (κ3) is 5.01. The lowest BCUT2D eigenvalue weighted by Gasteiger charge is -2.11. The van der Waals surface area contributed by atoms with Gasteiger partial charge in [0, 0.05) is 31.7 Å². The Bertz CT molecular complexity index is 582. The van der Waals surface area contributed by atoms with E-state index in [9.17, 15) is 13.2 Å². The third-order valence-electron chi connectivity index (χ3n) is 3.03. The first-order valence-corrected chi connectivity index (χ1v) is 8.40. The molecule has 0 bridgehead atoms. The van der Waals surface area contributed by atoms with Crippen molar-refractivity contribution in [1.29, 1.82) is 0 Å². The van der Waals surface area contributed by atoms with Crippen molar-refractivity contribution in [3.63, 3.8) is 0 Å². The number of aromatic nitrogens is 2. The highest BCUT2D eigenvalue weighted by molar-refractivity contribution is 7.89. The lowest BCUT2D eigenvalue weighted by atomic mass is 10.2. The molecule has 1 atom stereocenters. The molecule has 0 spiro atoms. The molecule has 1 amide bonds. The minimum atomic E-state index is -3.75. The number of sulfonamides is 1. The van der Waals surface area contributed by atoms with E-state index >= 15 is 0 Å². The van der Waals surface area contributed by atoms with Crippen LogP contribution in [0.2, 0.25) is 0 Å². The standard InChI is InChI=1S/C12H23N5O3S/c1-4-9(3)15-11(18)6-7-14-21(19,20)10-8-17(5-2)16-12(10)13/h8-9,14H,4-7H2,1-3H3,(H2,13,16)(H,15,18). The van der Waals surface area contributed by atoms with Crippen LogP contribution in [0.25, 0.3) is 0 Å². The van der Waals surface area contributed by atoms with Gasteiger partial charge in [0.25, 0.3) is 0 Å². The van der Waals surface area contributed by atoms with E-state index in [0.717, 1.165) is 6.42 Å². The molecule has 0 saturated heterocycles. The molecule has 1 unspecified atom stereocenters. The minimum absolute atomic E-state index is 0.0152. The summed E-state index contributed by atoms with van der Waals surface area (Å²) in [6, 6.07) is 0.0764. The molecule has 1 aromatic heterocycles. The summed E-state index contributed by atoms with van der Waals surface area (Å²) < 4.78 is 27.9. The first-order valence-electron chi connectivity index (χ1n) is 6.92. The van der Waals surface area contributed by atoms with E-state index in [-0.39, 0.29) is 35.6 Å². The molecule has 8 nitrogen and oxygen atoms in total. The average molecular weight is 317 g/mol. The fourth-order valence-corrected chi connectivity index (χ4v) is 2.72. The molecule has 0 fully saturated rings. The SMILES string of the molecule is CCC(C)NC(=O)CCNS(=O)(=O)c1cn(CC)nc1N. The Morgan fingerprint density at radius 1 is 1.48 bits per heavy atom. The molecule has 0 aliphatic heterocycles. The Kier molecular flexibility index (Phi) is 6.16. The van der Waals surface area contributed by atoms with Crippen LogP contribution in [0.5, 0.6) is 0 Å². The molecule has 120 valence electrons. The molecular weight excluding hydrogens is 294 g/mol. The van der Waals surface area contributed by atoms with Crippen molar-refractivity contribution < 1.29 is 13.2 Å². The summed E-state index contributed by atoms with van der Waals surface area (Å²) >= 11 is 0. The molecule has 9 heteroatoms. The molecule has 0 radical (unpaired) electrons. The zero-order chi connectivity index (χ0) is 16.0. The average Bonchev–Trinajstić information content (AvgIpc) is 2.80. The molecule has 1 heterocycles. The van der Waals surface area contributed by atoms with E-state index < -0.39 is 10.0 Å². The summed E-state index contributed by atoms with van der Waals surface area (Å²) in [7, 11) is -3.75. The number of nitrogens with zero attached hydrogens (tertiary/aromatic N) is 2. The van der Waals surface area contributed by atoms with Gasteiger partial charge in [-0.2, -0.15) is 5.10 Å². The number of nitrogen functional groups attached to an aromatic ring is 1. The van der Waals surface area contributed by atoms with Crippen LogP contribution in [0.1, 0.15) is 33.6 Å². The number of carbonyl (C=O) groups is 1. The van der Waals surface area contributed by atoms with Crippen molar-refractivity contribution in [1.82, 2.24) is 19.8 Å². The summed E-state index contributed by atoms with van der Waals surface area (Å²) in [5.74, 6) is -0.238. The molecule has 4 N–H and O–H groups in total. The summed E-state index contributed by atoms with van der Waals surface area (Å²) in [5, 5.41) is 6.65. The lowest BCUT2D eigenvalue weighted by molar-refractivity contribution is -0.121. The van der Waals surface area contributed by atoms with Gasteiger partial charge in [0.15, 0.2) is 5.82 Å². The van der Waals surface area contributed by atoms with Gasteiger partial charge in [-0.25, -0.2) is 13.1 Å². The van der Waals surface area contributed by atoms with Crippen molar-refractivity contribution in [2.24, 2.45) is 0 Å². The van der Waals surface area contributed by atoms with E-state index in [1.807, 2.05) is 20.8 Å². The molecular formula is C12H23N5O3S. The van der Waals surface area contributed by atoms with Crippen molar-refractivity contribution in [3.05, 3.63) is 6.20 Å². The molecule has 0 aliphatic rings. The number of amides is 1. The molecule has 1 rings (SSSR count). The number of hydrogen-bond acceptors (Lipinski definition) is 5. The van der Waals surface area contributed by atoms with E-state index in [4.69, 9.17) is 5.73 Å². The van der Waals surface area contributed by atoms with Crippen molar-refractivity contribution >= 4 is 21.7 Å². The molecule has 0 aliphatic carbocycles.